The Kier molecular flexibility index (Phi) is 6.67. The normalized spacial score (nSPS) is 16.4. The summed E-state index contributed by atoms with van der Waals surface area (Å²) < 4.78 is 0. The van der Waals surface area contributed by atoms with Gasteiger partial charge in [-0.1, -0.05) is 49.1 Å². The van der Waals surface area contributed by atoms with Gasteiger partial charge >= 0.3 is 6.03 Å². The molecule has 0 aromatic heterocycles. The first-order chi connectivity index (χ1) is 11.1. The standard InChI is InChI=1S/C16H23ClN4O2/c17-13-9-5-4-8-12(13)10-19-16(23)21-20-15(22)14(18)11-6-2-1-3-7-11/h4-5,8-9,11,14H,1-3,6-7,10,18H2,(H,20,22)(H2,19,21,23). The molecule has 5 N–H and O–H groups in total. The minimum atomic E-state index is -0.584. The highest BCUT2D eigenvalue weighted by Crippen LogP contribution is 2.25. The fraction of sp³-hybridized carbons (Fsp3) is 0.500. The van der Waals surface area contributed by atoms with Gasteiger partial charge in [0, 0.05) is 11.6 Å². The topological polar surface area (TPSA) is 96.2 Å². The molecule has 0 radical (unpaired) electrons. The Morgan fingerprint density at radius 3 is 2.57 bits per heavy atom. The quantitative estimate of drug-likeness (QED) is 0.633. The molecule has 1 fully saturated rings. The number of carbonyl (C=O) groups is 2. The number of carbonyl (C=O) groups excluding carboxylic acids is 2. The number of halogens is 1. The maximum absolute atomic E-state index is 12.0. The summed E-state index contributed by atoms with van der Waals surface area (Å²) in [6.07, 6.45) is 5.35. The van der Waals surface area contributed by atoms with Gasteiger partial charge in [-0.3, -0.25) is 10.2 Å². The Labute approximate surface area is 141 Å². The zero-order valence-corrected chi connectivity index (χ0v) is 13.7. The van der Waals surface area contributed by atoms with Crippen molar-refractivity contribution >= 4 is 23.5 Å². The van der Waals surface area contributed by atoms with Gasteiger partial charge in [0.25, 0.3) is 5.91 Å². The van der Waals surface area contributed by atoms with Crippen LogP contribution in [0.4, 0.5) is 4.79 Å². The fourth-order valence-electron chi connectivity index (χ4n) is 2.77. The molecule has 1 unspecified atom stereocenters. The third-order valence-corrected chi connectivity index (χ3v) is 4.53. The van der Waals surface area contributed by atoms with Gasteiger partial charge in [-0.25, -0.2) is 10.2 Å². The highest BCUT2D eigenvalue weighted by atomic mass is 35.5. The number of hydrogen-bond acceptors (Lipinski definition) is 3. The number of urea groups is 1. The van der Waals surface area contributed by atoms with E-state index < -0.39 is 12.1 Å². The molecule has 2 rings (SSSR count). The van der Waals surface area contributed by atoms with Gasteiger partial charge < -0.3 is 11.1 Å². The van der Waals surface area contributed by atoms with Crippen molar-refractivity contribution in [1.29, 1.82) is 0 Å². The largest absolute Gasteiger partial charge is 0.333 e. The van der Waals surface area contributed by atoms with E-state index in [4.69, 9.17) is 17.3 Å². The van der Waals surface area contributed by atoms with Gasteiger partial charge in [0.2, 0.25) is 0 Å². The number of nitrogens with two attached hydrogens (primary N) is 1. The molecule has 0 heterocycles. The van der Waals surface area contributed by atoms with Crippen LogP contribution in [-0.2, 0) is 11.3 Å². The number of rotatable bonds is 4. The number of benzene rings is 1. The van der Waals surface area contributed by atoms with Crippen molar-refractivity contribution in [2.45, 2.75) is 44.7 Å². The van der Waals surface area contributed by atoms with E-state index in [-0.39, 0.29) is 18.4 Å². The van der Waals surface area contributed by atoms with Crippen LogP contribution in [0.25, 0.3) is 0 Å². The second-order valence-electron chi connectivity index (χ2n) is 5.81. The number of hydrazine groups is 1. The maximum atomic E-state index is 12.0. The SMILES string of the molecule is NC(C(=O)NNC(=O)NCc1ccccc1Cl)C1CCCCC1. The van der Waals surface area contributed by atoms with E-state index in [1.165, 1.54) is 6.42 Å². The van der Waals surface area contributed by atoms with Crippen LogP contribution in [0.5, 0.6) is 0 Å². The number of hydrogen-bond donors (Lipinski definition) is 4. The van der Waals surface area contributed by atoms with E-state index >= 15 is 0 Å². The molecular formula is C16H23ClN4O2. The zero-order chi connectivity index (χ0) is 16.7. The summed E-state index contributed by atoms with van der Waals surface area (Å²) in [6, 6.07) is 6.14. The fourth-order valence-corrected chi connectivity index (χ4v) is 2.97. The highest BCUT2D eigenvalue weighted by molar-refractivity contribution is 6.31. The van der Waals surface area contributed by atoms with Crippen LogP contribution in [0, 0.1) is 5.92 Å². The predicted molar refractivity (Wildman–Crippen MR) is 89.5 cm³/mol. The van der Waals surface area contributed by atoms with Crippen molar-refractivity contribution in [1.82, 2.24) is 16.2 Å². The molecule has 0 saturated heterocycles. The molecule has 0 spiro atoms. The van der Waals surface area contributed by atoms with Crippen molar-refractivity contribution in [3.63, 3.8) is 0 Å². The van der Waals surface area contributed by atoms with Crippen LogP contribution < -0.4 is 21.9 Å². The maximum Gasteiger partial charge on any atom is 0.333 e. The molecule has 1 atom stereocenters. The molecule has 126 valence electrons. The van der Waals surface area contributed by atoms with Crippen LogP contribution in [0.15, 0.2) is 24.3 Å². The van der Waals surface area contributed by atoms with E-state index in [1.807, 2.05) is 18.2 Å². The number of amides is 3. The van der Waals surface area contributed by atoms with Crippen molar-refractivity contribution in [2.24, 2.45) is 11.7 Å². The molecule has 1 aromatic carbocycles. The Hall–Kier alpha value is -1.79. The molecule has 1 aromatic rings. The van der Waals surface area contributed by atoms with Crippen LogP contribution in [0.2, 0.25) is 5.02 Å². The molecule has 0 bridgehead atoms. The summed E-state index contributed by atoms with van der Waals surface area (Å²) in [7, 11) is 0. The van der Waals surface area contributed by atoms with Gasteiger partial charge in [0.15, 0.2) is 0 Å². The molecular weight excluding hydrogens is 316 g/mol. The minimum Gasteiger partial charge on any atom is -0.333 e. The van der Waals surface area contributed by atoms with Crippen LogP contribution in [0.1, 0.15) is 37.7 Å². The second kappa shape index (κ2) is 8.74. The predicted octanol–water partition coefficient (Wildman–Crippen LogP) is 2.08. The van der Waals surface area contributed by atoms with E-state index in [0.29, 0.717) is 5.02 Å². The molecule has 23 heavy (non-hydrogen) atoms. The third-order valence-electron chi connectivity index (χ3n) is 4.16. The summed E-state index contributed by atoms with van der Waals surface area (Å²) in [4.78, 5) is 23.7. The molecule has 1 saturated carbocycles. The van der Waals surface area contributed by atoms with E-state index in [0.717, 1.165) is 31.2 Å². The Morgan fingerprint density at radius 2 is 1.87 bits per heavy atom. The first kappa shape index (κ1) is 17.6. The van der Waals surface area contributed by atoms with Crippen LogP contribution in [-0.4, -0.2) is 18.0 Å². The summed E-state index contributed by atoms with van der Waals surface area (Å²) in [5, 5.41) is 3.20. The van der Waals surface area contributed by atoms with E-state index in [2.05, 4.69) is 16.2 Å². The average Bonchev–Trinajstić information content (AvgIpc) is 2.59. The molecule has 0 aliphatic heterocycles. The minimum absolute atomic E-state index is 0.191. The third kappa shape index (κ3) is 5.41. The van der Waals surface area contributed by atoms with E-state index in [1.54, 1.807) is 6.07 Å². The van der Waals surface area contributed by atoms with Crippen molar-refractivity contribution in [3.8, 4) is 0 Å². The Morgan fingerprint density at radius 1 is 1.17 bits per heavy atom. The molecule has 3 amide bonds. The summed E-state index contributed by atoms with van der Waals surface area (Å²) >= 11 is 6.00. The first-order valence-electron chi connectivity index (χ1n) is 7.90. The average molecular weight is 339 g/mol. The number of nitrogens with one attached hydrogen (secondary N) is 3. The Balaban J connectivity index is 1.71. The molecule has 6 nitrogen and oxygen atoms in total. The van der Waals surface area contributed by atoms with Gasteiger partial charge in [-0.2, -0.15) is 0 Å². The lowest BCUT2D eigenvalue weighted by Gasteiger charge is -2.26. The van der Waals surface area contributed by atoms with Crippen molar-refractivity contribution in [3.05, 3.63) is 34.9 Å². The lowest BCUT2D eigenvalue weighted by Crippen LogP contribution is -2.54. The Bertz CT molecular complexity index is 547. The summed E-state index contributed by atoms with van der Waals surface area (Å²) in [5.74, 6) is -0.165. The van der Waals surface area contributed by atoms with Crippen molar-refractivity contribution < 1.29 is 9.59 Å². The van der Waals surface area contributed by atoms with Crippen LogP contribution in [0.3, 0.4) is 0 Å². The monoisotopic (exact) mass is 338 g/mol. The zero-order valence-electron chi connectivity index (χ0n) is 13.0. The second-order valence-corrected chi connectivity index (χ2v) is 6.22. The lowest BCUT2D eigenvalue weighted by atomic mass is 9.84. The van der Waals surface area contributed by atoms with Crippen molar-refractivity contribution in [2.75, 3.05) is 0 Å². The highest BCUT2D eigenvalue weighted by Gasteiger charge is 2.26. The molecule has 1 aliphatic carbocycles. The van der Waals surface area contributed by atoms with Gasteiger partial charge in [-0.15, -0.1) is 0 Å². The van der Waals surface area contributed by atoms with E-state index in [9.17, 15) is 9.59 Å². The van der Waals surface area contributed by atoms with Gasteiger partial charge in [0.05, 0.1) is 6.04 Å². The first-order valence-corrected chi connectivity index (χ1v) is 8.28. The van der Waals surface area contributed by atoms with Gasteiger partial charge in [-0.05, 0) is 30.4 Å². The summed E-state index contributed by atoms with van der Waals surface area (Å²) in [5.41, 5.74) is 11.5. The van der Waals surface area contributed by atoms with Crippen LogP contribution >= 0.6 is 11.6 Å². The molecule has 1 aliphatic rings. The lowest BCUT2D eigenvalue weighted by molar-refractivity contribution is -0.124. The van der Waals surface area contributed by atoms with Gasteiger partial charge in [0.1, 0.15) is 0 Å². The smallest absolute Gasteiger partial charge is 0.333 e. The molecule has 7 heteroatoms. The summed E-state index contributed by atoms with van der Waals surface area (Å²) in [6.45, 7) is 0.274.